The van der Waals surface area contributed by atoms with E-state index in [1.807, 2.05) is 31.2 Å². The predicted molar refractivity (Wildman–Crippen MR) is 137 cm³/mol. The number of fused-ring (bicyclic) bond motifs is 1. The van der Waals surface area contributed by atoms with Crippen molar-refractivity contribution >= 4 is 38.8 Å². The minimum atomic E-state index is -3.74. The van der Waals surface area contributed by atoms with Gasteiger partial charge in [-0.15, -0.1) is 0 Å². The molecule has 2 fully saturated rings. The van der Waals surface area contributed by atoms with Crippen LogP contribution in [0, 0.1) is 6.92 Å². The second kappa shape index (κ2) is 10.7. The van der Waals surface area contributed by atoms with Crippen LogP contribution >= 0.6 is 0 Å². The van der Waals surface area contributed by atoms with Crippen LogP contribution in [0.4, 0.5) is 11.4 Å². The van der Waals surface area contributed by atoms with Crippen LogP contribution in [0.3, 0.4) is 0 Å². The average molecular weight is 501 g/mol. The van der Waals surface area contributed by atoms with Gasteiger partial charge in [-0.05, 0) is 49.2 Å². The van der Waals surface area contributed by atoms with Gasteiger partial charge in [-0.3, -0.25) is 4.79 Å². The van der Waals surface area contributed by atoms with E-state index in [9.17, 15) is 8.42 Å². The summed E-state index contributed by atoms with van der Waals surface area (Å²) in [5.74, 6) is 0. The average Bonchev–Trinajstić information content (AvgIpc) is 3.50. The molecule has 1 atom stereocenters. The zero-order valence-electron chi connectivity index (χ0n) is 20.1. The highest BCUT2D eigenvalue weighted by atomic mass is 32.2. The summed E-state index contributed by atoms with van der Waals surface area (Å²) in [4.78, 5) is 13.2. The Morgan fingerprint density at radius 2 is 1.77 bits per heavy atom. The number of piperazine rings is 1. The minimum absolute atomic E-state index is 0.190. The molecule has 2 saturated heterocycles. The van der Waals surface area contributed by atoms with Gasteiger partial charge in [-0.2, -0.15) is 0 Å². The Morgan fingerprint density at radius 3 is 2.46 bits per heavy atom. The van der Waals surface area contributed by atoms with E-state index in [0.29, 0.717) is 4.90 Å². The molecule has 3 heterocycles. The second-order valence-electron chi connectivity index (χ2n) is 8.75. The number of carbonyl (C=O) groups is 1. The number of carboxylic acid groups (broad SMARTS) is 1. The van der Waals surface area contributed by atoms with Crippen molar-refractivity contribution in [1.82, 2.24) is 9.29 Å². The lowest BCUT2D eigenvalue weighted by Gasteiger charge is -2.29. The zero-order valence-corrected chi connectivity index (χ0v) is 20.9. The van der Waals surface area contributed by atoms with Crippen LogP contribution in [0.1, 0.15) is 12.0 Å². The van der Waals surface area contributed by atoms with Crippen molar-refractivity contribution in [2.75, 3.05) is 56.2 Å². The fraction of sp³-hybridized carbons (Fsp3) is 0.400. The number of benzene rings is 2. The smallest absolute Gasteiger partial charge is 0.290 e. The van der Waals surface area contributed by atoms with Gasteiger partial charge in [0.05, 0.1) is 16.5 Å². The van der Waals surface area contributed by atoms with Gasteiger partial charge in [-0.1, -0.05) is 12.1 Å². The van der Waals surface area contributed by atoms with Crippen LogP contribution in [0.25, 0.3) is 10.9 Å². The van der Waals surface area contributed by atoms with Crippen LogP contribution in [-0.4, -0.2) is 76.5 Å². The van der Waals surface area contributed by atoms with E-state index in [2.05, 4.69) is 21.2 Å². The number of rotatable bonds is 5. The third kappa shape index (κ3) is 5.14. The molecule has 2 N–H and O–H groups in total. The summed E-state index contributed by atoms with van der Waals surface area (Å²) in [6.07, 6.45) is 2.88. The minimum Gasteiger partial charge on any atom is -0.483 e. The molecular weight excluding hydrogens is 468 g/mol. The van der Waals surface area contributed by atoms with Crippen LogP contribution < -0.4 is 15.1 Å². The summed E-state index contributed by atoms with van der Waals surface area (Å²) in [5.41, 5.74) is 3.66. The van der Waals surface area contributed by atoms with Gasteiger partial charge in [0.2, 0.25) is 0 Å². The summed E-state index contributed by atoms with van der Waals surface area (Å²) in [5, 5.41) is 11.2. The summed E-state index contributed by atoms with van der Waals surface area (Å²) < 4.78 is 34.4. The van der Waals surface area contributed by atoms with Gasteiger partial charge in [0.15, 0.2) is 0 Å². The summed E-state index contributed by atoms with van der Waals surface area (Å²) in [6, 6.07) is 13.4. The first-order chi connectivity index (χ1) is 16.9. The number of aryl methyl sites for hydroxylation is 1. The van der Waals surface area contributed by atoms with Crippen molar-refractivity contribution in [3.63, 3.8) is 0 Å². The van der Waals surface area contributed by atoms with Gasteiger partial charge in [-0.25, -0.2) is 12.4 Å². The number of anilines is 2. The molecule has 0 bridgehead atoms. The summed E-state index contributed by atoms with van der Waals surface area (Å²) >= 11 is 0. The molecule has 35 heavy (non-hydrogen) atoms. The van der Waals surface area contributed by atoms with Crippen LogP contribution in [0.15, 0.2) is 53.6 Å². The second-order valence-corrected chi connectivity index (χ2v) is 10.6. The molecule has 1 aromatic heterocycles. The lowest BCUT2D eigenvalue weighted by molar-refractivity contribution is -0.122. The largest absolute Gasteiger partial charge is 0.483 e. The molecule has 9 nitrogen and oxygen atoms in total. The molecule has 0 saturated carbocycles. The number of nitrogens with zero attached hydrogens (tertiary/aromatic N) is 3. The fourth-order valence-electron chi connectivity index (χ4n) is 4.78. The third-order valence-electron chi connectivity index (χ3n) is 6.65. The van der Waals surface area contributed by atoms with Gasteiger partial charge >= 0.3 is 0 Å². The molecule has 2 aliphatic heterocycles. The highest BCUT2D eigenvalue weighted by molar-refractivity contribution is 7.90. The molecule has 188 valence electrons. The molecule has 0 spiro atoms. The lowest BCUT2D eigenvalue weighted by Crippen LogP contribution is -2.43. The first-order valence-corrected chi connectivity index (χ1v) is 13.1. The summed E-state index contributed by atoms with van der Waals surface area (Å²) in [7, 11) is -2.01. The normalized spacial score (nSPS) is 18.4. The SMILES string of the molecule is CO[C@H]1CCN(c2cccc(S(=O)(=O)n3cc(C)c4ccc(N5CCNCC5)cc43)c2)C1.O=CO. The van der Waals surface area contributed by atoms with Gasteiger partial charge < -0.3 is 25.0 Å². The van der Waals surface area contributed by atoms with Gasteiger partial charge in [0.25, 0.3) is 16.5 Å². The molecule has 0 radical (unpaired) electrons. The Labute approximate surface area is 205 Å². The molecular formula is C25H32N4O5S. The maximum atomic E-state index is 13.7. The monoisotopic (exact) mass is 500 g/mol. The topological polar surface area (TPSA) is 104 Å². The molecule has 10 heteroatoms. The van der Waals surface area contributed by atoms with Crippen molar-refractivity contribution < 1.29 is 23.1 Å². The molecule has 5 rings (SSSR count). The lowest BCUT2D eigenvalue weighted by atomic mass is 10.1. The van der Waals surface area contributed by atoms with Crippen molar-refractivity contribution in [2.24, 2.45) is 0 Å². The van der Waals surface area contributed by atoms with Crippen molar-refractivity contribution in [1.29, 1.82) is 0 Å². The fourth-order valence-corrected chi connectivity index (χ4v) is 6.23. The molecule has 2 aromatic carbocycles. The molecule has 0 unspecified atom stereocenters. The Kier molecular flexibility index (Phi) is 7.63. The van der Waals surface area contributed by atoms with E-state index in [0.717, 1.165) is 73.5 Å². The van der Waals surface area contributed by atoms with E-state index < -0.39 is 10.0 Å². The standard InChI is InChI=1S/C24H30N4O3S.CH2O2/c1-18-16-28(24-15-20(6-7-23(18)24)26-12-9-25-10-13-26)32(29,30)22-5-3-4-19(14-22)27-11-8-21(17-27)31-2;2-1-3/h3-7,14-16,21,25H,8-13,17H2,1-2H3;1H,(H,2,3)/t21-;/m0./s1. The highest BCUT2D eigenvalue weighted by Gasteiger charge is 2.25. The Morgan fingerprint density at radius 1 is 1.06 bits per heavy atom. The predicted octanol–water partition coefficient (Wildman–Crippen LogP) is 2.52. The number of nitrogens with one attached hydrogen (secondary N) is 1. The van der Waals surface area contributed by atoms with E-state index in [1.54, 1.807) is 25.4 Å². The molecule has 3 aromatic rings. The first kappa shape index (κ1) is 25.0. The maximum absolute atomic E-state index is 13.7. The number of methoxy groups -OCH3 is 1. The van der Waals surface area contributed by atoms with E-state index in [1.165, 1.54) is 3.97 Å². The number of ether oxygens (including phenoxy) is 1. The zero-order chi connectivity index (χ0) is 25.0. The highest BCUT2D eigenvalue weighted by Crippen LogP contribution is 2.31. The molecule has 0 amide bonds. The van der Waals surface area contributed by atoms with E-state index >= 15 is 0 Å². The van der Waals surface area contributed by atoms with Crippen molar-refractivity contribution in [3.8, 4) is 0 Å². The van der Waals surface area contributed by atoms with Crippen LogP contribution in [0.2, 0.25) is 0 Å². The van der Waals surface area contributed by atoms with E-state index in [4.69, 9.17) is 14.6 Å². The first-order valence-electron chi connectivity index (χ1n) is 11.7. The Bertz CT molecular complexity index is 1280. The van der Waals surface area contributed by atoms with Crippen molar-refractivity contribution in [2.45, 2.75) is 24.3 Å². The number of hydrogen-bond donors (Lipinski definition) is 2. The number of aromatic nitrogens is 1. The molecule has 0 aliphatic carbocycles. The van der Waals surface area contributed by atoms with Gasteiger partial charge in [0.1, 0.15) is 0 Å². The van der Waals surface area contributed by atoms with Crippen LogP contribution in [0.5, 0.6) is 0 Å². The number of hydrogen-bond acceptors (Lipinski definition) is 7. The van der Waals surface area contributed by atoms with Crippen LogP contribution in [-0.2, 0) is 19.6 Å². The van der Waals surface area contributed by atoms with E-state index in [-0.39, 0.29) is 12.6 Å². The Hall–Kier alpha value is -3.08. The quantitative estimate of drug-likeness (QED) is 0.515. The van der Waals surface area contributed by atoms with Crippen molar-refractivity contribution in [3.05, 3.63) is 54.2 Å². The summed E-state index contributed by atoms with van der Waals surface area (Å²) in [6.45, 7) is 7.05. The Balaban J connectivity index is 0.000000917. The van der Waals surface area contributed by atoms with Gasteiger partial charge in [0, 0.05) is 69.3 Å². The maximum Gasteiger partial charge on any atom is 0.290 e. The molecule has 2 aliphatic rings. The third-order valence-corrected chi connectivity index (χ3v) is 8.32.